The van der Waals surface area contributed by atoms with Crippen LogP contribution in [0.1, 0.15) is 30.6 Å². The van der Waals surface area contributed by atoms with Crippen molar-refractivity contribution < 1.29 is 13.9 Å². The van der Waals surface area contributed by atoms with Gasteiger partial charge in [-0.25, -0.2) is 4.39 Å². The first-order chi connectivity index (χ1) is 6.89. The van der Waals surface area contributed by atoms with Gasteiger partial charge in [-0.15, -0.1) is 0 Å². The first-order valence-electron chi connectivity index (χ1n) is 4.60. The van der Waals surface area contributed by atoms with Crippen molar-refractivity contribution in [2.24, 2.45) is 0 Å². The van der Waals surface area contributed by atoms with Crippen LogP contribution in [0.25, 0.3) is 0 Å². The first kappa shape index (κ1) is 10.4. The molecule has 0 spiro atoms. The van der Waals surface area contributed by atoms with E-state index in [-0.39, 0.29) is 28.5 Å². The van der Waals surface area contributed by atoms with Crippen molar-refractivity contribution in [1.29, 1.82) is 0 Å². The zero-order chi connectivity index (χ0) is 11.2. The quantitative estimate of drug-likeness (QED) is 0.682. The molecule has 1 aromatic carbocycles. The van der Waals surface area contributed by atoms with E-state index in [1.165, 1.54) is 6.07 Å². The normalized spacial score (nSPS) is 18.3. The van der Waals surface area contributed by atoms with Crippen LogP contribution in [-0.2, 0) is 0 Å². The average molecular weight is 229 g/mol. The van der Waals surface area contributed by atoms with Crippen molar-refractivity contribution in [1.82, 2.24) is 0 Å². The lowest BCUT2D eigenvalue weighted by Crippen LogP contribution is -2.36. The molecule has 15 heavy (non-hydrogen) atoms. The molecule has 0 saturated heterocycles. The molecule has 0 bridgehead atoms. The third-order valence-electron chi connectivity index (χ3n) is 2.27. The summed E-state index contributed by atoms with van der Waals surface area (Å²) in [6, 6.07) is 2.59. The van der Waals surface area contributed by atoms with Gasteiger partial charge in [0.15, 0.2) is 17.3 Å². The smallest absolute Gasteiger partial charge is 0.170 e. The van der Waals surface area contributed by atoms with Gasteiger partial charge in [0.1, 0.15) is 5.60 Å². The number of fused-ring (bicyclic) bond motifs is 1. The van der Waals surface area contributed by atoms with Gasteiger partial charge in [-0.2, -0.15) is 0 Å². The van der Waals surface area contributed by atoms with Crippen molar-refractivity contribution in [3.63, 3.8) is 0 Å². The molecule has 0 radical (unpaired) electrons. The molecule has 80 valence electrons. The molecule has 0 fully saturated rings. The number of hydrogen-bond donors (Lipinski definition) is 0. The number of ether oxygens (including phenoxy) is 1. The maximum atomic E-state index is 13.5. The second kappa shape index (κ2) is 3.20. The second-order valence-corrected chi connectivity index (χ2v) is 4.66. The number of hydrogen-bond acceptors (Lipinski definition) is 2. The molecule has 1 aromatic rings. The van der Waals surface area contributed by atoms with E-state index in [4.69, 9.17) is 16.3 Å². The van der Waals surface area contributed by atoms with Gasteiger partial charge in [-0.1, -0.05) is 11.6 Å². The predicted molar refractivity (Wildman–Crippen MR) is 55.1 cm³/mol. The highest BCUT2D eigenvalue weighted by Gasteiger charge is 2.34. The summed E-state index contributed by atoms with van der Waals surface area (Å²) in [5.74, 6) is -0.707. The van der Waals surface area contributed by atoms with E-state index in [1.807, 2.05) is 0 Å². The zero-order valence-electron chi connectivity index (χ0n) is 8.43. The van der Waals surface area contributed by atoms with Gasteiger partial charge in [0.2, 0.25) is 0 Å². The lowest BCUT2D eigenvalue weighted by atomic mass is 9.93. The lowest BCUT2D eigenvalue weighted by Gasteiger charge is -2.31. The Hall–Kier alpha value is -1.09. The molecule has 0 amide bonds. The molecule has 2 rings (SSSR count). The Kier molecular flexibility index (Phi) is 2.23. The van der Waals surface area contributed by atoms with E-state index >= 15 is 0 Å². The minimum absolute atomic E-state index is 0.0145. The van der Waals surface area contributed by atoms with Gasteiger partial charge in [0, 0.05) is 5.02 Å². The standard InChI is InChI=1S/C11H10ClFO2/c1-11(2)5-9(14)7-3-6(12)4-8(13)10(7)15-11/h3-4H,5H2,1-2H3. The Morgan fingerprint density at radius 3 is 2.80 bits per heavy atom. The number of Topliss-reactive ketones (excluding diaryl/α,β-unsaturated/α-hetero) is 1. The van der Waals surface area contributed by atoms with Gasteiger partial charge < -0.3 is 4.74 Å². The van der Waals surface area contributed by atoms with Crippen LogP contribution in [0.2, 0.25) is 5.02 Å². The Balaban J connectivity index is 2.60. The third kappa shape index (κ3) is 1.84. The molecule has 2 nitrogen and oxygen atoms in total. The van der Waals surface area contributed by atoms with E-state index in [0.29, 0.717) is 0 Å². The highest BCUT2D eigenvalue weighted by Crippen LogP contribution is 2.36. The third-order valence-corrected chi connectivity index (χ3v) is 2.49. The fourth-order valence-electron chi connectivity index (χ4n) is 1.67. The number of halogens is 2. The summed E-state index contributed by atoms with van der Waals surface area (Å²) in [6.07, 6.45) is 0.236. The van der Waals surface area contributed by atoms with Crippen LogP contribution in [0, 0.1) is 5.82 Å². The summed E-state index contributed by atoms with van der Waals surface area (Å²) in [7, 11) is 0. The van der Waals surface area contributed by atoms with E-state index < -0.39 is 11.4 Å². The Labute approximate surface area is 92.0 Å². The van der Waals surface area contributed by atoms with Crippen molar-refractivity contribution in [2.45, 2.75) is 25.9 Å². The topological polar surface area (TPSA) is 26.3 Å². The van der Waals surface area contributed by atoms with Crippen LogP contribution in [-0.4, -0.2) is 11.4 Å². The number of rotatable bonds is 0. The Morgan fingerprint density at radius 2 is 2.13 bits per heavy atom. The number of carbonyl (C=O) groups excluding carboxylic acids is 1. The van der Waals surface area contributed by atoms with Gasteiger partial charge in [0.05, 0.1) is 12.0 Å². The molecule has 0 aliphatic carbocycles. The lowest BCUT2D eigenvalue weighted by molar-refractivity contribution is 0.0593. The summed E-state index contributed by atoms with van der Waals surface area (Å²) < 4.78 is 18.9. The van der Waals surface area contributed by atoms with Crippen molar-refractivity contribution in [3.8, 4) is 5.75 Å². The largest absolute Gasteiger partial charge is 0.484 e. The van der Waals surface area contributed by atoms with Crippen molar-refractivity contribution >= 4 is 17.4 Å². The SMILES string of the molecule is CC1(C)CC(=O)c2cc(Cl)cc(F)c2O1. The van der Waals surface area contributed by atoms with E-state index in [2.05, 4.69) is 0 Å². The van der Waals surface area contributed by atoms with Crippen LogP contribution in [0.15, 0.2) is 12.1 Å². The van der Waals surface area contributed by atoms with Gasteiger partial charge in [-0.3, -0.25) is 4.79 Å². The maximum Gasteiger partial charge on any atom is 0.170 e. The van der Waals surface area contributed by atoms with Crippen LogP contribution in [0.4, 0.5) is 4.39 Å². The molecule has 0 unspecified atom stereocenters. The van der Waals surface area contributed by atoms with Crippen LogP contribution >= 0.6 is 11.6 Å². The minimum atomic E-state index is -0.654. The number of ketones is 1. The molecule has 1 heterocycles. The molecule has 0 N–H and O–H groups in total. The highest BCUT2D eigenvalue weighted by atomic mass is 35.5. The molecule has 0 saturated carbocycles. The van der Waals surface area contributed by atoms with Crippen molar-refractivity contribution in [2.75, 3.05) is 0 Å². The van der Waals surface area contributed by atoms with Gasteiger partial charge in [-0.05, 0) is 26.0 Å². The summed E-state index contributed by atoms with van der Waals surface area (Å²) in [6.45, 7) is 3.50. The minimum Gasteiger partial charge on any atom is -0.484 e. The fourth-order valence-corrected chi connectivity index (χ4v) is 1.87. The van der Waals surface area contributed by atoms with Crippen LogP contribution in [0.3, 0.4) is 0 Å². The van der Waals surface area contributed by atoms with Crippen molar-refractivity contribution in [3.05, 3.63) is 28.5 Å². The number of benzene rings is 1. The Bertz CT molecular complexity index is 440. The van der Waals surface area contributed by atoms with Gasteiger partial charge >= 0.3 is 0 Å². The Morgan fingerprint density at radius 1 is 1.47 bits per heavy atom. The van der Waals surface area contributed by atoms with Crippen LogP contribution in [0.5, 0.6) is 5.75 Å². The molecule has 4 heteroatoms. The summed E-state index contributed by atoms with van der Waals surface area (Å²) in [5, 5.41) is 0.211. The van der Waals surface area contributed by atoms with Crippen LogP contribution < -0.4 is 4.74 Å². The summed E-state index contributed by atoms with van der Waals surface area (Å²) in [4.78, 5) is 11.7. The molecule has 1 aliphatic rings. The van der Waals surface area contributed by atoms with E-state index in [0.717, 1.165) is 6.07 Å². The molecular formula is C11H10ClFO2. The molecule has 0 aromatic heterocycles. The number of carbonyl (C=O) groups is 1. The summed E-state index contributed by atoms with van der Waals surface area (Å²) in [5.41, 5.74) is -0.419. The first-order valence-corrected chi connectivity index (χ1v) is 4.98. The predicted octanol–water partition coefficient (Wildman–Crippen LogP) is 3.22. The van der Waals surface area contributed by atoms with E-state index in [9.17, 15) is 9.18 Å². The van der Waals surface area contributed by atoms with E-state index in [1.54, 1.807) is 13.8 Å². The average Bonchev–Trinajstić information content (AvgIpc) is 2.06. The monoisotopic (exact) mass is 228 g/mol. The summed E-state index contributed by atoms with van der Waals surface area (Å²) >= 11 is 5.67. The zero-order valence-corrected chi connectivity index (χ0v) is 9.19. The molecule has 0 atom stereocenters. The highest BCUT2D eigenvalue weighted by molar-refractivity contribution is 6.31. The molecule has 1 aliphatic heterocycles. The fraction of sp³-hybridized carbons (Fsp3) is 0.364. The maximum absolute atomic E-state index is 13.5. The molecular weight excluding hydrogens is 219 g/mol. The van der Waals surface area contributed by atoms with Gasteiger partial charge in [0.25, 0.3) is 0 Å². The second-order valence-electron chi connectivity index (χ2n) is 4.23.